The first-order valence-corrected chi connectivity index (χ1v) is 7.45. The Bertz CT molecular complexity index is 641. The van der Waals surface area contributed by atoms with Crippen molar-refractivity contribution < 1.29 is 14.3 Å². The van der Waals surface area contributed by atoms with Crippen molar-refractivity contribution in [3.05, 3.63) is 60.7 Å². The standard InChI is InChI=1S/C19H20O3/c1-4-14-5-7-15(8-6-14)13(2)17-12-21-19(3)10-9-16(20)11-18(19)22-17/h4-10,17-18H,1-2,11-12H2,3H3/t17-,18-,19+/m1/s1. The van der Waals surface area contributed by atoms with Gasteiger partial charge in [-0.25, -0.2) is 0 Å². The third-order valence-electron chi connectivity index (χ3n) is 4.41. The van der Waals surface area contributed by atoms with Crippen molar-refractivity contribution in [2.45, 2.75) is 31.2 Å². The van der Waals surface area contributed by atoms with Gasteiger partial charge in [-0.15, -0.1) is 0 Å². The third-order valence-corrected chi connectivity index (χ3v) is 4.41. The van der Waals surface area contributed by atoms with E-state index in [0.717, 1.165) is 16.7 Å². The van der Waals surface area contributed by atoms with Gasteiger partial charge in [0.15, 0.2) is 5.78 Å². The largest absolute Gasteiger partial charge is 0.365 e. The molecule has 1 aliphatic carbocycles. The molecule has 0 radical (unpaired) electrons. The molecule has 3 heteroatoms. The summed E-state index contributed by atoms with van der Waals surface area (Å²) >= 11 is 0. The Balaban J connectivity index is 1.76. The maximum atomic E-state index is 11.6. The van der Waals surface area contributed by atoms with Crippen LogP contribution in [0.15, 0.2) is 49.6 Å². The molecule has 0 amide bonds. The van der Waals surface area contributed by atoms with Gasteiger partial charge in [-0.3, -0.25) is 4.79 Å². The van der Waals surface area contributed by atoms with Crippen molar-refractivity contribution in [1.29, 1.82) is 0 Å². The molecule has 0 N–H and O–H groups in total. The fourth-order valence-corrected chi connectivity index (χ4v) is 2.84. The topological polar surface area (TPSA) is 35.5 Å². The number of ketones is 1. The average Bonchev–Trinajstić information content (AvgIpc) is 2.54. The van der Waals surface area contributed by atoms with Crippen LogP contribution < -0.4 is 0 Å². The van der Waals surface area contributed by atoms with Crippen LogP contribution in [0.4, 0.5) is 0 Å². The summed E-state index contributed by atoms with van der Waals surface area (Å²) in [7, 11) is 0. The highest BCUT2D eigenvalue weighted by atomic mass is 16.6. The van der Waals surface area contributed by atoms with E-state index in [1.807, 2.05) is 31.2 Å². The van der Waals surface area contributed by atoms with Crippen LogP contribution >= 0.6 is 0 Å². The molecule has 1 saturated heterocycles. The van der Waals surface area contributed by atoms with Crippen LogP contribution in [0.2, 0.25) is 0 Å². The Labute approximate surface area is 130 Å². The van der Waals surface area contributed by atoms with E-state index in [4.69, 9.17) is 9.47 Å². The van der Waals surface area contributed by atoms with Gasteiger partial charge in [0.25, 0.3) is 0 Å². The molecule has 0 bridgehead atoms. The number of fused-ring (bicyclic) bond motifs is 1. The Hall–Kier alpha value is -1.97. The first kappa shape index (κ1) is 14.9. The zero-order valence-electron chi connectivity index (χ0n) is 12.7. The smallest absolute Gasteiger partial charge is 0.158 e. The molecule has 0 aromatic heterocycles. The highest BCUT2D eigenvalue weighted by Gasteiger charge is 2.44. The molecule has 1 heterocycles. The number of hydrogen-bond acceptors (Lipinski definition) is 3. The van der Waals surface area contributed by atoms with Crippen LogP contribution in [0, 0.1) is 0 Å². The molecular formula is C19H20O3. The van der Waals surface area contributed by atoms with Gasteiger partial charge in [0.05, 0.1) is 12.7 Å². The maximum absolute atomic E-state index is 11.6. The maximum Gasteiger partial charge on any atom is 0.158 e. The lowest BCUT2D eigenvalue weighted by molar-refractivity contribution is -0.196. The van der Waals surface area contributed by atoms with E-state index in [2.05, 4.69) is 13.2 Å². The molecule has 2 aliphatic rings. The SMILES string of the molecule is C=Cc1ccc(C(=C)[C@H]2CO[C@@]3(C)C=CC(=O)C[C@H]3O2)cc1. The highest BCUT2D eigenvalue weighted by Crippen LogP contribution is 2.35. The second kappa shape index (κ2) is 5.67. The number of hydrogen-bond donors (Lipinski definition) is 0. The summed E-state index contributed by atoms with van der Waals surface area (Å²) < 4.78 is 12.1. The van der Waals surface area contributed by atoms with Crippen molar-refractivity contribution in [3.8, 4) is 0 Å². The molecule has 1 aromatic rings. The van der Waals surface area contributed by atoms with Crippen molar-refractivity contribution >= 4 is 17.4 Å². The fourth-order valence-electron chi connectivity index (χ4n) is 2.84. The van der Waals surface area contributed by atoms with Gasteiger partial charge < -0.3 is 9.47 Å². The van der Waals surface area contributed by atoms with Crippen molar-refractivity contribution in [2.75, 3.05) is 6.61 Å². The zero-order valence-corrected chi connectivity index (χ0v) is 12.7. The van der Waals surface area contributed by atoms with Crippen LogP contribution in [0.5, 0.6) is 0 Å². The molecule has 0 unspecified atom stereocenters. The number of benzene rings is 1. The van der Waals surface area contributed by atoms with Crippen LogP contribution in [-0.2, 0) is 14.3 Å². The van der Waals surface area contributed by atoms with E-state index in [1.165, 1.54) is 0 Å². The van der Waals surface area contributed by atoms with Gasteiger partial charge in [-0.05, 0) is 35.8 Å². The zero-order chi connectivity index (χ0) is 15.7. The molecule has 0 spiro atoms. The Morgan fingerprint density at radius 2 is 2.09 bits per heavy atom. The average molecular weight is 296 g/mol. The van der Waals surface area contributed by atoms with Crippen LogP contribution in [0.25, 0.3) is 11.6 Å². The molecule has 1 aliphatic heterocycles. The minimum Gasteiger partial charge on any atom is -0.365 e. The van der Waals surface area contributed by atoms with Crippen molar-refractivity contribution in [2.24, 2.45) is 0 Å². The third kappa shape index (κ3) is 2.70. The molecule has 0 saturated carbocycles. The van der Waals surface area contributed by atoms with E-state index in [9.17, 15) is 4.79 Å². The predicted molar refractivity (Wildman–Crippen MR) is 87.3 cm³/mol. The first-order chi connectivity index (χ1) is 10.5. The molecule has 114 valence electrons. The van der Waals surface area contributed by atoms with Gasteiger partial charge in [0.1, 0.15) is 11.7 Å². The Morgan fingerprint density at radius 1 is 1.36 bits per heavy atom. The summed E-state index contributed by atoms with van der Waals surface area (Å²) in [5.74, 6) is 0.0765. The van der Waals surface area contributed by atoms with E-state index < -0.39 is 5.60 Å². The van der Waals surface area contributed by atoms with E-state index >= 15 is 0 Å². The summed E-state index contributed by atoms with van der Waals surface area (Å²) in [5, 5.41) is 0. The van der Waals surface area contributed by atoms with Crippen molar-refractivity contribution in [1.82, 2.24) is 0 Å². The van der Waals surface area contributed by atoms with Crippen LogP contribution in [0.1, 0.15) is 24.5 Å². The van der Waals surface area contributed by atoms with Crippen LogP contribution in [0.3, 0.4) is 0 Å². The summed E-state index contributed by atoms with van der Waals surface area (Å²) in [4.78, 5) is 11.6. The molecule has 1 fully saturated rings. The minimum atomic E-state index is -0.516. The summed E-state index contributed by atoms with van der Waals surface area (Å²) in [6.07, 6.45) is 5.06. The quantitative estimate of drug-likeness (QED) is 0.857. The van der Waals surface area contributed by atoms with Crippen LogP contribution in [-0.4, -0.2) is 30.2 Å². The second-order valence-corrected chi connectivity index (χ2v) is 5.96. The normalized spacial score (nSPS) is 30.7. The lowest BCUT2D eigenvalue weighted by atomic mass is 9.87. The number of rotatable bonds is 3. The number of carbonyl (C=O) groups excluding carboxylic acids is 1. The second-order valence-electron chi connectivity index (χ2n) is 5.96. The Kier molecular flexibility index (Phi) is 3.85. The summed E-state index contributed by atoms with van der Waals surface area (Å²) in [5.41, 5.74) is 2.44. The van der Waals surface area contributed by atoms with Gasteiger partial charge >= 0.3 is 0 Å². The number of allylic oxidation sites excluding steroid dienone is 1. The molecule has 3 nitrogen and oxygen atoms in total. The van der Waals surface area contributed by atoms with Gasteiger partial charge in [0, 0.05) is 6.42 Å². The van der Waals surface area contributed by atoms with Gasteiger partial charge in [-0.2, -0.15) is 0 Å². The highest BCUT2D eigenvalue weighted by molar-refractivity contribution is 5.91. The lowest BCUT2D eigenvalue weighted by Gasteiger charge is -2.44. The first-order valence-electron chi connectivity index (χ1n) is 7.45. The molecule has 3 atom stereocenters. The monoisotopic (exact) mass is 296 g/mol. The molecule has 1 aromatic carbocycles. The van der Waals surface area contributed by atoms with E-state index in [0.29, 0.717) is 13.0 Å². The fraction of sp³-hybridized carbons (Fsp3) is 0.316. The van der Waals surface area contributed by atoms with E-state index in [-0.39, 0.29) is 18.0 Å². The van der Waals surface area contributed by atoms with Crippen molar-refractivity contribution in [3.63, 3.8) is 0 Å². The Morgan fingerprint density at radius 3 is 2.77 bits per heavy atom. The van der Waals surface area contributed by atoms with Gasteiger partial charge in [0.2, 0.25) is 0 Å². The number of carbonyl (C=O) groups is 1. The minimum absolute atomic E-state index is 0.0765. The lowest BCUT2D eigenvalue weighted by Crippen LogP contribution is -2.53. The molecule has 22 heavy (non-hydrogen) atoms. The molecular weight excluding hydrogens is 276 g/mol. The van der Waals surface area contributed by atoms with E-state index in [1.54, 1.807) is 18.2 Å². The summed E-state index contributed by atoms with van der Waals surface area (Å²) in [6, 6.07) is 7.99. The summed E-state index contributed by atoms with van der Waals surface area (Å²) in [6.45, 7) is 10.3. The predicted octanol–water partition coefficient (Wildman–Crippen LogP) is 3.41. The number of ether oxygens (including phenoxy) is 2. The van der Waals surface area contributed by atoms with Gasteiger partial charge in [-0.1, -0.05) is 43.5 Å². The molecule has 3 rings (SSSR count).